The van der Waals surface area contributed by atoms with Crippen molar-refractivity contribution >= 4 is 16.8 Å². The summed E-state index contributed by atoms with van der Waals surface area (Å²) in [5, 5.41) is 12.4. The lowest BCUT2D eigenvalue weighted by Crippen LogP contribution is -2.06. The van der Waals surface area contributed by atoms with Crippen molar-refractivity contribution in [1.82, 2.24) is 4.98 Å². The fourth-order valence-electron chi connectivity index (χ4n) is 1.39. The van der Waals surface area contributed by atoms with Gasteiger partial charge in [0.1, 0.15) is 13.2 Å². The number of pyridine rings is 1. The summed E-state index contributed by atoms with van der Waals surface area (Å²) in [6.07, 6.45) is 1.44. The Labute approximate surface area is 108 Å². The minimum atomic E-state index is -2.16. The van der Waals surface area contributed by atoms with Gasteiger partial charge >= 0.3 is 0 Å². The van der Waals surface area contributed by atoms with E-state index in [1.54, 1.807) is 0 Å². The zero-order chi connectivity index (χ0) is 13.7. The Morgan fingerprint density at radius 2 is 2.33 bits per heavy atom. The molecule has 1 unspecified atom stereocenters. The minimum Gasteiger partial charge on any atom is -0.398 e. The van der Waals surface area contributed by atoms with E-state index in [0.29, 0.717) is 11.3 Å². The summed E-state index contributed by atoms with van der Waals surface area (Å²) in [5.74, 6) is 0.00931. The van der Waals surface area contributed by atoms with Gasteiger partial charge in [0.25, 0.3) is 0 Å². The zero-order valence-corrected chi connectivity index (χ0v) is 11.1. The van der Waals surface area contributed by atoms with Crippen molar-refractivity contribution in [3.8, 4) is 6.07 Å². The van der Waals surface area contributed by atoms with Crippen molar-refractivity contribution in [3.05, 3.63) is 23.5 Å². The molecule has 1 atom stereocenters. The maximum Gasteiger partial charge on any atom is 0.188 e. The molecule has 0 aromatic carbocycles. The Kier molecular flexibility index (Phi) is 4.95. The maximum atomic E-state index is 11.3. The van der Waals surface area contributed by atoms with Gasteiger partial charge in [-0.2, -0.15) is 5.26 Å². The van der Waals surface area contributed by atoms with Crippen LogP contribution in [0.2, 0.25) is 0 Å². The van der Waals surface area contributed by atoms with Crippen molar-refractivity contribution in [1.29, 1.82) is 5.26 Å². The molecule has 0 bridgehead atoms. The predicted octanol–water partition coefficient (Wildman–Crippen LogP) is 1.66. The molecule has 0 amide bonds. The van der Waals surface area contributed by atoms with Gasteiger partial charge in [0.2, 0.25) is 0 Å². The Bertz CT molecular complexity index is 535. The van der Waals surface area contributed by atoms with Crippen LogP contribution >= 0.6 is 0 Å². The lowest BCUT2D eigenvalue weighted by molar-refractivity contribution is 0.214. The molecule has 7 heteroatoms. The highest BCUT2D eigenvalue weighted by molar-refractivity contribution is 7.79. The average Bonchev–Trinajstić information content (AvgIpc) is 2.35. The van der Waals surface area contributed by atoms with Gasteiger partial charge in [-0.05, 0) is 12.0 Å². The molecule has 0 saturated carbocycles. The van der Waals surface area contributed by atoms with Crippen molar-refractivity contribution in [3.63, 3.8) is 0 Å². The van der Waals surface area contributed by atoms with E-state index < -0.39 is 11.1 Å². The first-order valence-corrected chi connectivity index (χ1v) is 6.24. The lowest BCUT2D eigenvalue weighted by Gasteiger charge is -2.09. The highest BCUT2D eigenvalue weighted by Crippen LogP contribution is 2.21. The first kappa shape index (κ1) is 14.3. The van der Waals surface area contributed by atoms with E-state index in [1.165, 1.54) is 19.4 Å². The molecule has 1 heterocycles. The van der Waals surface area contributed by atoms with Crippen molar-refractivity contribution < 1.29 is 13.6 Å². The second-order valence-electron chi connectivity index (χ2n) is 3.75. The predicted molar refractivity (Wildman–Crippen MR) is 66.5 cm³/mol. The molecule has 1 N–H and O–H groups in total. The Hall–Kier alpha value is -1.78. The molecular formula is C11H13N3O3S. The molecule has 96 valence electrons. The number of hydrogen-bond donors (Lipinski definition) is 1. The second-order valence-corrected chi connectivity index (χ2v) is 4.68. The highest BCUT2D eigenvalue weighted by Gasteiger charge is 2.16. The number of nitriles is 1. The largest absolute Gasteiger partial charge is 0.398 e. The van der Waals surface area contributed by atoms with Gasteiger partial charge in [0.15, 0.2) is 16.8 Å². The standard InChI is InChI=1S/C11H13N3O3S/c1-7(2)11-10(18(15)16)4-8(6-13-11)9(5-12)14-17-3/h4,6-7H,1-3H3,(H,15,16)/b14-9+. The number of hydrogen-bond acceptors (Lipinski definition) is 5. The third-order valence-corrected chi connectivity index (χ3v) is 2.88. The highest BCUT2D eigenvalue weighted by atomic mass is 32.2. The topological polar surface area (TPSA) is 95.6 Å². The van der Waals surface area contributed by atoms with Crippen LogP contribution in [0.25, 0.3) is 0 Å². The average molecular weight is 267 g/mol. The van der Waals surface area contributed by atoms with Gasteiger partial charge in [-0.25, -0.2) is 4.21 Å². The fourth-order valence-corrected chi connectivity index (χ4v) is 2.08. The number of oxime groups is 1. The molecule has 0 fully saturated rings. The third kappa shape index (κ3) is 3.12. The first-order chi connectivity index (χ1) is 8.51. The van der Waals surface area contributed by atoms with Crippen molar-refractivity contribution in [2.45, 2.75) is 24.7 Å². The van der Waals surface area contributed by atoms with Crippen LogP contribution in [0.3, 0.4) is 0 Å². The minimum absolute atomic E-state index is 0.00649. The molecule has 0 aliphatic rings. The van der Waals surface area contributed by atoms with Crippen molar-refractivity contribution in [2.75, 3.05) is 7.11 Å². The van der Waals surface area contributed by atoms with E-state index >= 15 is 0 Å². The SMILES string of the molecule is CO/N=C(\C#N)c1cnc(C(C)C)c(S(=O)O)c1. The van der Waals surface area contributed by atoms with Crippen molar-refractivity contribution in [2.24, 2.45) is 5.16 Å². The summed E-state index contributed by atoms with van der Waals surface area (Å²) >= 11 is -2.16. The van der Waals surface area contributed by atoms with Gasteiger partial charge < -0.3 is 9.39 Å². The number of rotatable bonds is 4. The van der Waals surface area contributed by atoms with Gasteiger partial charge in [0, 0.05) is 11.8 Å². The first-order valence-electron chi connectivity index (χ1n) is 5.13. The normalized spacial score (nSPS) is 13.2. The van der Waals surface area contributed by atoms with Crippen LogP contribution in [-0.2, 0) is 15.9 Å². The van der Waals surface area contributed by atoms with E-state index in [1.807, 2.05) is 19.9 Å². The number of nitrogens with zero attached hydrogens (tertiary/aromatic N) is 3. The molecule has 1 rings (SSSR count). The Morgan fingerprint density at radius 1 is 1.67 bits per heavy atom. The van der Waals surface area contributed by atoms with Crippen LogP contribution in [0, 0.1) is 11.3 Å². The van der Waals surface area contributed by atoms with Crippen LogP contribution in [0.5, 0.6) is 0 Å². The molecule has 0 aliphatic carbocycles. The van der Waals surface area contributed by atoms with Crippen LogP contribution in [0.15, 0.2) is 22.3 Å². The molecule has 1 aromatic heterocycles. The van der Waals surface area contributed by atoms with Gasteiger partial charge in [0.05, 0.1) is 10.6 Å². The lowest BCUT2D eigenvalue weighted by atomic mass is 10.1. The molecule has 18 heavy (non-hydrogen) atoms. The summed E-state index contributed by atoms with van der Waals surface area (Å²) < 4.78 is 20.5. The van der Waals surface area contributed by atoms with Gasteiger partial charge in [-0.15, -0.1) is 0 Å². The van der Waals surface area contributed by atoms with Crippen LogP contribution < -0.4 is 0 Å². The molecular weight excluding hydrogens is 254 g/mol. The Balaban J connectivity index is 3.36. The number of aromatic nitrogens is 1. The van der Waals surface area contributed by atoms with Gasteiger partial charge in [-0.1, -0.05) is 19.0 Å². The monoisotopic (exact) mass is 267 g/mol. The summed E-state index contributed by atoms with van der Waals surface area (Å²) in [6.45, 7) is 3.74. The van der Waals surface area contributed by atoms with Gasteiger partial charge in [-0.3, -0.25) is 4.98 Å². The van der Waals surface area contributed by atoms with E-state index in [9.17, 15) is 8.76 Å². The molecule has 0 aliphatic heterocycles. The van der Waals surface area contributed by atoms with Crippen LogP contribution in [0.4, 0.5) is 0 Å². The Morgan fingerprint density at radius 3 is 2.78 bits per heavy atom. The third-order valence-electron chi connectivity index (χ3n) is 2.18. The van der Waals surface area contributed by atoms with E-state index in [0.717, 1.165) is 0 Å². The van der Waals surface area contributed by atoms with Crippen LogP contribution in [0.1, 0.15) is 31.0 Å². The van der Waals surface area contributed by atoms with E-state index in [2.05, 4.69) is 15.0 Å². The summed E-state index contributed by atoms with van der Waals surface area (Å²) in [7, 11) is 1.32. The molecule has 1 aromatic rings. The maximum absolute atomic E-state index is 11.3. The molecule has 6 nitrogen and oxygen atoms in total. The van der Waals surface area contributed by atoms with E-state index in [4.69, 9.17) is 5.26 Å². The second kappa shape index (κ2) is 6.23. The molecule has 0 saturated heterocycles. The smallest absolute Gasteiger partial charge is 0.188 e. The van der Waals surface area contributed by atoms with E-state index in [-0.39, 0.29) is 16.5 Å². The zero-order valence-electron chi connectivity index (χ0n) is 10.2. The quantitative estimate of drug-likeness (QED) is 0.508. The van der Waals surface area contributed by atoms with Crippen LogP contribution in [-0.4, -0.2) is 26.6 Å². The summed E-state index contributed by atoms with van der Waals surface area (Å²) in [5.41, 5.74) is 0.877. The summed E-state index contributed by atoms with van der Waals surface area (Å²) in [6, 6.07) is 3.27. The molecule has 0 spiro atoms. The summed E-state index contributed by atoms with van der Waals surface area (Å²) in [4.78, 5) is 8.82. The molecule has 0 radical (unpaired) electrons. The fraction of sp³-hybridized carbons (Fsp3) is 0.364.